The number of rotatable bonds is 5. The predicted molar refractivity (Wildman–Crippen MR) is 61.4 cm³/mol. The molecule has 0 amide bonds. The molecule has 0 saturated carbocycles. The van der Waals surface area contributed by atoms with Crippen LogP contribution in [0.3, 0.4) is 0 Å². The molecule has 1 aliphatic heterocycles. The van der Waals surface area contributed by atoms with Crippen LogP contribution in [-0.4, -0.2) is 12.2 Å². The molecule has 0 N–H and O–H groups in total. The smallest absolute Gasteiger partial charge is 0.0605 e. The first-order valence-electron chi connectivity index (χ1n) is 6.04. The van der Waals surface area contributed by atoms with Crippen LogP contribution in [0.1, 0.15) is 52.9 Å². The first-order valence-corrected chi connectivity index (χ1v) is 6.04. The lowest BCUT2D eigenvalue weighted by molar-refractivity contribution is 0.0396. The van der Waals surface area contributed by atoms with Gasteiger partial charge in [-0.25, -0.2) is 0 Å². The quantitative estimate of drug-likeness (QED) is 0.478. The van der Waals surface area contributed by atoms with Gasteiger partial charge in [0.1, 0.15) is 0 Å². The van der Waals surface area contributed by atoms with Crippen LogP contribution >= 0.6 is 0 Å². The molecule has 1 fully saturated rings. The van der Waals surface area contributed by atoms with E-state index in [1.165, 1.54) is 25.7 Å². The van der Waals surface area contributed by atoms with E-state index in [1.54, 1.807) is 0 Å². The zero-order valence-corrected chi connectivity index (χ0v) is 9.83. The molecule has 0 bridgehead atoms. The van der Waals surface area contributed by atoms with Crippen LogP contribution in [0.25, 0.3) is 0 Å². The monoisotopic (exact) mass is 196 g/mol. The number of allylic oxidation sites excluding steroid dienone is 2. The lowest BCUT2D eigenvalue weighted by Crippen LogP contribution is -2.13. The van der Waals surface area contributed by atoms with E-state index in [0.29, 0.717) is 12.2 Å². The highest BCUT2D eigenvalue weighted by Crippen LogP contribution is 2.28. The van der Waals surface area contributed by atoms with Crippen LogP contribution in [0, 0.1) is 5.92 Å². The molecule has 1 heteroatoms. The molecule has 1 nitrogen and oxygen atoms in total. The second-order valence-corrected chi connectivity index (χ2v) is 4.51. The molecule has 14 heavy (non-hydrogen) atoms. The Kier molecular flexibility index (Phi) is 5.24. The highest BCUT2D eigenvalue weighted by atomic mass is 16.5. The Morgan fingerprint density at radius 1 is 1.29 bits per heavy atom. The minimum Gasteiger partial charge on any atom is -0.375 e. The average molecular weight is 196 g/mol. The van der Waals surface area contributed by atoms with Crippen molar-refractivity contribution in [2.45, 2.75) is 65.1 Å². The summed E-state index contributed by atoms with van der Waals surface area (Å²) < 4.78 is 5.86. The van der Waals surface area contributed by atoms with Gasteiger partial charge >= 0.3 is 0 Å². The summed E-state index contributed by atoms with van der Waals surface area (Å²) in [6, 6.07) is 0. The Morgan fingerprint density at radius 2 is 2.07 bits per heavy atom. The average Bonchev–Trinajstić information content (AvgIpc) is 2.45. The summed E-state index contributed by atoms with van der Waals surface area (Å²) in [5.74, 6) is 0.764. The Bertz CT molecular complexity index is 174. The van der Waals surface area contributed by atoms with Gasteiger partial charge < -0.3 is 4.74 Å². The maximum atomic E-state index is 5.86. The van der Waals surface area contributed by atoms with Gasteiger partial charge in [-0.05, 0) is 44.9 Å². The van der Waals surface area contributed by atoms with Crippen molar-refractivity contribution in [1.29, 1.82) is 0 Å². The van der Waals surface area contributed by atoms with E-state index in [9.17, 15) is 0 Å². The third-order valence-electron chi connectivity index (χ3n) is 3.01. The number of hydrogen-bond acceptors (Lipinski definition) is 1. The lowest BCUT2D eigenvalue weighted by atomic mass is 9.98. The van der Waals surface area contributed by atoms with E-state index in [4.69, 9.17) is 4.74 Å². The molecule has 0 radical (unpaired) electrons. The van der Waals surface area contributed by atoms with Crippen LogP contribution in [-0.2, 0) is 4.74 Å². The standard InChI is InChI=1S/C13H24O/c1-4-5-6-7-8-9-13-11(2)10-12(3)14-13/h5-6,11-13H,4,7-10H2,1-3H3/b6-5-/t11-,12-,13-/m0/s1. The Labute approximate surface area is 88.5 Å². The van der Waals surface area contributed by atoms with E-state index >= 15 is 0 Å². The lowest BCUT2D eigenvalue weighted by Gasteiger charge is -2.13. The molecule has 0 unspecified atom stereocenters. The Hall–Kier alpha value is -0.300. The van der Waals surface area contributed by atoms with Crippen LogP contribution < -0.4 is 0 Å². The fraction of sp³-hybridized carbons (Fsp3) is 0.846. The molecule has 0 aromatic heterocycles. The van der Waals surface area contributed by atoms with Crippen molar-refractivity contribution in [2.24, 2.45) is 5.92 Å². The van der Waals surface area contributed by atoms with Crippen LogP contribution in [0.15, 0.2) is 12.2 Å². The van der Waals surface area contributed by atoms with Gasteiger partial charge in [-0.1, -0.05) is 26.0 Å². The molecule has 0 aromatic rings. The molecule has 1 rings (SSSR count). The summed E-state index contributed by atoms with van der Waals surface area (Å²) in [6.45, 7) is 6.68. The molecule has 0 aliphatic carbocycles. The number of ether oxygens (including phenoxy) is 1. The third-order valence-corrected chi connectivity index (χ3v) is 3.01. The number of unbranched alkanes of at least 4 members (excludes halogenated alkanes) is 1. The predicted octanol–water partition coefficient (Wildman–Crippen LogP) is 3.94. The first kappa shape index (κ1) is 11.8. The van der Waals surface area contributed by atoms with Crippen molar-refractivity contribution < 1.29 is 4.74 Å². The minimum absolute atomic E-state index is 0.487. The van der Waals surface area contributed by atoms with Crippen molar-refractivity contribution >= 4 is 0 Å². The van der Waals surface area contributed by atoms with E-state index in [0.717, 1.165) is 12.3 Å². The van der Waals surface area contributed by atoms with Gasteiger partial charge in [0.05, 0.1) is 12.2 Å². The third kappa shape index (κ3) is 3.83. The van der Waals surface area contributed by atoms with Gasteiger partial charge in [-0.2, -0.15) is 0 Å². The van der Waals surface area contributed by atoms with Crippen LogP contribution in [0.5, 0.6) is 0 Å². The van der Waals surface area contributed by atoms with Crippen molar-refractivity contribution in [1.82, 2.24) is 0 Å². The largest absolute Gasteiger partial charge is 0.375 e. The molecular weight excluding hydrogens is 172 g/mol. The molecule has 1 saturated heterocycles. The molecule has 1 heterocycles. The molecular formula is C13H24O. The Balaban J connectivity index is 2.09. The van der Waals surface area contributed by atoms with Crippen molar-refractivity contribution in [3.8, 4) is 0 Å². The van der Waals surface area contributed by atoms with E-state index in [1.807, 2.05) is 0 Å². The van der Waals surface area contributed by atoms with Crippen LogP contribution in [0.4, 0.5) is 0 Å². The van der Waals surface area contributed by atoms with E-state index < -0.39 is 0 Å². The summed E-state index contributed by atoms with van der Waals surface area (Å²) in [7, 11) is 0. The zero-order chi connectivity index (χ0) is 10.4. The fourth-order valence-corrected chi connectivity index (χ4v) is 2.24. The molecule has 1 aliphatic rings. The summed E-state index contributed by atoms with van der Waals surface area (Å²) in [6.07, 6.45) is 11.7. The van der Waals surface area contributed by atoms with Gasteiger partial charge in [-0.3, -0.25) is 0 Å². The first-order chi connectivity index (χ1) is 6.74. The zero-order valence-electron chi connectivity index (χ0n) is 9.83. The summed E-state index contributed by atoms with van der Waals surface area (Å²) in [5, 5.41) is 0. The summed E-state index contributed by atoms with van der Waals surface area (Å²) in [5.41, 5.74) is 0. The van der Waals surface area contributed by atoms with Gasteiger partial charge in [0.25, 0.3) is 0 Å². The normalized spacial score (nSPS) is 32.9. The maximum Gasteiger partial charge on any atom is 0.0605 e. The highest BCUT2D eigenvalue weighted by Gasteiger charge is 2.28. The molecule has 0 aromatic carbocycles. The minimum atomic E-state index is 0.487. The Morgan fingerprint density at radius 3 is 2.64 bits per heavy atom. The van der Waals surface area contributed by atoms with Gasteiger partial charge in [0.2, 0.25) is 0 Å². The van der Waals surface area contributed by atoms with Gasteiger partial charge in [0, 0.05) is 0 Å². The van der Waals surface area contributed by atoms with Gasteiger partial charge in [-0.15, -0.1) is 0 Å². The van der Waals surface area contributed by atoms with Crippen molar-refractivity contribution in [3.05, 3.63) is 12.2 Å². The van der Waals surface area contributed by atoms with Crippen molar-refractivity contribution in [3.63, 3.8) is 0 Å². The molecule has 0 spiro atoms. The van der Waals surface area contributed by atoms with Gasteiger partial charge in [0.15, 0.2) is 0 Å². The second kappa shape index (κ2) is 6.23. The second-order valence-electron chi connectivity index (χ2n) is 4.51. The van der Waals surface area contributed by atoms with Crippen molar-refractivity contribution in [2.75, 3.05) is 0 Å². The summed E-state index contributed by atoms with van der Waals surface area (Å²) in [4.78, 5) is 0. The number of hydrogen-bond donors (Lipinski definition) is 0. The van der Waals surface area contributed by atoms with E-state index in [-0.39, 0.29) is 0 Å². The topological polar surface area (TPSA) is 9.23 Å². The molecule has 3 atom stereocenters. The summed E-state index contributed by atoms with van der Waals surface area (Å²) >= 11 is 0. The molecule has 82 valence electrons. The maximum absolute atomic E-state index is 5.86. The fourth-order valence-electron chi connectivity index (χ4n) is 2.24. The highest BCUT2D eigenvalue weighted by molar-refractivity contribution is 4.82. The van der Waals surface area contributed by atoms with E-state index in [2.05, 4.69) is 32.9 Å². The SMILES string of the molecule is CC/C=C\CCC[C@@H]1O[C@@H](C)C[C@@H]1C. The van der Waals surface area contributed by atoms with Crippen LogP contribution in [0.2, 0.25) is 0 Å².